The Balaban J connectivity index is 3.89. The van der Waals surface area contributed by atoms with Crippen LogP contribution in [-0.4, -0.2) is 30.0 Å². The largest absolute Gasteiger partial charge is 0.353 e. The summed E-state index contributed by atoms with van der Waals surface area (Å²) in [7, 11) is 0. The van der Waals surface area contributed by atoms with E-state index in [0.717, 1.165) is 17.9 Å². The van der Waals surface area contributed by atoms with Gasteiger partial charge in [0.05, 0.1) is 0 Å². The fourth-order valence-corrected chi connectivity index (χ4v) is 2.53. The smallest absolute Gasteiger partial charge is 0.220 e. The minimum absolute atomic E-state index is 0.144. The second-order valence-corrected chi connectivity index (χ2v) is 6.38. The molecule has 0 rings (SSSR count). The van der Waals surface area contributed by atoms with Gasteiger partial charge in [0.2, 0.25) is 5.91 Å². The van der Waals surface area contributed by atoms with Gasteiger partial charge in [0.1, 0.15) is 0 Å². The van der Waals surface area contributed by atoms with Crippen molar-refractivity contribution in [3.8, 4) is 0 Å². The van der Waals surface area contributed by atoms with Crippen LogP contribution in [0.4, 0.5) is 0 Å². The van der Waals surface area contributed by atoms with Gasteiger partial charge in [-0.1, -0.05) is 20.8 Å². The van der Waals surface area contributed by atoms with E-state index in [-0.39, 0.29) is 11.9 Å². The van der Waals surface area contributed by atoms with E-state index in [0.29, 0.717) is 24.8 Å². The maximum Gasteiger partial charge on any atom is 0.220 e. The summed E-state index contributed by atoms with van der Waals surface area (Å²) < 4.78 is 0. The van der Waals surface area contributed by atoms with Gasteiger partial charge in [0, 0.05) is 18.2 Å². The van der Waals surface area contributed by atoms with Crippen molar-refractivity contribution >= 4 is 17.7 Å². The van der Waals surface area contributed by atoms with Gasteiger partial charge in [0.25, 0.3) is 0 Å². The molecule has 0 aromatic rings. The van der Waals surface area contributed by atoms with Crippen molar-refractivity contribution in [2.45, 2.75) is 46.6 Å². The molecule has 1 amide bonds. The Kier molecular flexibility index (Phi) is 9.65. The summed E-state index contributed by atoms with van der Waals surface area (Å²) in [6.45, 7) is 9.12. The molecule has 0 bridgehead atoms. The third kappa shape index (κ3) is 9.48. The maximum absolute atomic E-state index is 11.8. The van der Waals surface area contributed by atoms with Crippen molar-refractivity contribution < 1.29 is 4.79 Å². The quantitative estimate of drug-likeness (QED) is 0.668. The van der Waals surface area contributed by atoms with E-state index in [1.807, 2.05) is 11.8 Å². The molecular formula is C13H28N2OS. The molecule has 4 heteroatoms. The maximum atomic E-state index is 11.8. The molecule has 0 heterocycles. The number of hydrogen-bond acceptors (Lipinski definition) is 3. The van der Waals surface area contributed by atoms with Crippen LogP contribution in [0.5, 0.6) is 0 Å². The molecule has 0 saturated heterocycles. The monoisotopic (exact) mass is 260 g/mol. The van der Waals surface area contributed by atoms with Crippen LogP contribution in [0, 0.1) is 11.8 Å². The van der Waals surface area contributed by atoms with Gasteiger partial charge in [-0.2, -0.15) is 11.8 Å². The molecule has 0 aliphatic rings. The molecule has 2 atom stereocenters. The van der Waals surface area contributed by atoms with Crippen LogP contribution in [0.3, 0.4) is 0 Å². The SMILES string of the molecule is CCSCC(C)NC(=O)C[C@@H](CN)CC(C)C. The predicted molar refractivity (Wildman–Crippen MR) is 77.2 cm³/mol. The Morgan fingerprint density at radius 2 is 2.00 bits per heavy atom. The Bertz CT molecular complexity index is 210. The summed E-state index contributed by atoms with van der Waals surface area (Å²) in [5.74, 6) is 3.15. The van der Waals surface area contributed by atoms with E-state index < -0.39 is 0 Å². The third-order valence-electron chi connectivity index (χ3n) is 2.59. The molecular weight excluding hydrogens is 232 g/mol. The Morgan fingerprint density at radius 1 is 1.35 bits per heavy atom. The van der Waals surface area contributed by atoms with Crippen molar-refractivity contribution in [2.24, 2.45) is 17.6 Å². The highest BCUT2D eigenvalue weighted by molar-refractivity contribution is 7.99. The molecule has 0 aliphatic carbocycles. The number of hydrogen-bond donors (Lipinski definition) is 2. The van der Waals surface area contributed by atoms with Crippen LogP contribution in [0.2, 0.25) is 0 Å². The normalized spacial score (nSPS) is 14.7. The molecule has 0 aromatic heterocycles. The average molecular weight is 260 g/mol. The van der Waals surface area contributed by atoms with Gasteiger partial charge in [-0.15, -0.1) is 0 Å². The molecule has 0 fully saturated rings. The minimum Gasteiger partial charge on any atom is -0.353 e. The number of thioether (sulfide) groups is 1. The molecule has 3 nitrogen and oxygen atoms in total. The van der Waals surface area contributed by atoms with E-state index >= 15 is 0 Å². The summed E-state index contributed by atoms with van der Waals surface area (Å²) in [6, 6.07) is 0.255. The van der Waals surface area contributed by atoms with Gasteiger partial charge >= 0.3 is 0 Å². The van der Waals surface area contributed by atoms with Gasteiger partial charge in [-0.05, 0) is 37.5 Å². The van der Waals surface area contributed by atoms with Gasteiger partial charge in [-0.25, -0.2) is 0 Å². The van der Waals surface area contributed by atoms with E-state index in [4.69, 9.17) is 5.73 Å². The lowest BCUT2D eigenvalue weighted by Gasteiger charge is -2.18. The Labute approximate surface area is 110 Å². The zero-order chi connectivity index (χ0) is 13.3. The van der Waals surface area contributed by atoms with Crippen LogP contribution in [0.1, 0.15) is 40.5 Å². The first kappa shape index (κ1) is 16.8. The summed E-state index contributed by atoms with van der Waals surface area (Å²) in [5, 5.41) is 3.04. The van der Waals surface area contributed by atoms with E-state index in [2.05, 4.69) is 33.0 Å². The third-order valence-corrected chi connectivity index (χ3v) is 3.74. The standard InChI is InChI=1S/C13H28N2OS/c1-5-17-9-11(4)15-13(16)7-12(8-14)6-10(2)3/h10-12H,5-9,14H2,1-4H3,(H,15,16)/t11?,12-/m0/s1. The van der Waals surface area contributed by atoms with Crippen LogP contribution in [-0.2, 0) is 4.79 Å². The fraction of sp³-hybridized carbons (Fsp3) is 0.923. The van der Waals surface area contributed by atoms with E-state index in [1.54, 1.807) is 0 Å². The van der Waals surface area contributed by atoms with E-state index in [1.165, 1.54) is 0 Å². The van der Waals surface area contributed by atoms with Crippen LogP contribution in [0.25, 0.3) is 0 Å². The number of carbonyl (C=O) groups excluding carboxylic acids is 1. The summed E-state index contributed by atoms with van der Waals surface area (Å²) in [5.41, 5.74) is 5.70. The first-order chi connectivity index (χ1) is 7.99. The van der Waals surface area contributed by atoms with Crippen LogP contribution >= 0.6 is 11.8 Å². The second-order valence-electron chi connectivity index (χ2n) is 5.06. The molecule has 0 spiro atoms. The highest BCUT2D eigenvalue weighted by Crippen LogP contribution is 2.14. The zero-order valence-corrected chi connectivity index (χ0v) is 12.5. The van der Waals surface area contributed by atoms with Crippen molar-refractivity contribution in [3.63, 3.8) is 0 Å². The van der Waals surface area contributed by atoms with Crippen LogP contribution in [0.15, 0.2) is 0 Å². The number of rotatable bonds is 9. The van der Waals surface area contributed by atoms with E-state index in [9.17, 15) is 4.79 Å². The van der Waals surface area contributed by atoms with Gasteiger partial charge in [-0.3, -0.25) is 4.79 Å². The molecule has 102 valence electrons. The Morgan fingerprint density at radius 3 is 2.47 bits per heavy atom. The summed E-state index contributed by atoms with van der Waals surface area (Å²) in [6.07, 6.45) is 1.60. The van der Waals surface area contributed by atoms with Crippen molar-refractivity contribution in [1.29, 1.82) is 0 Å². The number of carbonyl (C=O) groups is 1. The van der Waals surface area contributed by atoms with Crippen molar-refractivity contribution in [3.05, 3.63) is 0 Å². The molecule has 0 radical (unpaired) electrons. The summed E-state index contributed by atoms with van der Waals surface area (Å²) >= 11 is 1.85. The molecule has 1 unspecified atom stereocenters. The molecule has 3 N–H and O–H groups in total. The predicted octanol–water partition coefficient (Wildman–Crippen LogP) is 2.26. The highest BCUT2D eigenvalue weighted by Gasteiger charge is 2.15. The minimum atomic E-state index is 0.144. The topological polar surface area (TPSA) is 55.1 Å². The first-order valence-electron chi connectivity index (χ1n) is 6.56. The molecule has 0 aliphatic heterocycles. The number of nitrogens with one attached hydrogen (secondary N) is 1. The van der Waals surface area contributed by atoms with Crippen LogP contribution < -0.4 is 11.1 Å². The lowest BCUT2D eigenvalue weighted by Crippen LogP contribution is -2.36. The second kappa shape index (κ2) is 9.77. The lowest BCUT2D eigenvalue weighted by molar-refractivity contribution is -0.122. The average Bonchev–Trinajstić information content (AvgIpc) is 2.24. The molecule has 0 saturated carbocycles. The lowest BCUT2D eigenvalue weighted by atomic mass is 9.94. The summed E-state index contributed by atoms with van der Waals surface area (Å²) in [4.78, 5) is 11.8. The van der Waals surface area contributed by atoms with Gasteiger partial charge in [0.15, 0.2) is 0 Å². The molecule has 17 heavy (non-hydrogen) atoms. The van der Waals surface area contributed by atoms with Crippen molar-refractivity contribution in [1.82, 2.24) is 5.32 Å². The van der Waals surface area contributed by atoms with Gasteiger partial charge < -0.3 is 11.1 Å². The number of amides is 1. The first-order valence-corrected chi connectivity index (χ1v) is 7.72. The fourth-order valence-electron chi connectivity index (χ4n) is 1.86. The van der Waals surface area contributed by atoms with Crippen molar-refractivity contribution in [2.75, 3.05) is 18.1 Å². The molecule has 0 aromatic carbocycles. The zero-order valence-electron chi connectivity index (χ0n) is 11.7. The number of nitrogens with two attached hydrogens (primary N) is 1. The highest BCUT2D eigenvalue weighted by atomic mass is 32.2. The Hall–Kier alpha value is -0.220.